The van der Waals surface area contributed by atoms with Crippen LogP contribution in [0.1, 0.15) is 13.3 Å². The second-order valence-electron chi connectivity index (χ2n) is 3.36. The van der Waals surface area contributed by atoms with Crippen LogP contribution in [0.4, 0.5) is 0 Å². The fourth-order valence-corrected chi connectivity index (χ4v) is 2.38. The zero-order chi connectivity index (χ0) is 12.7. The number of hydrogen-bond acceptors (Lipinski definition) is 3. The Morgan fingerprint density at radius 2 is 1.94 bits per heavy atom. The predicted molar refractivity (Wildman–Crippen MR) is 68.1 cm³/mol. The average molecular weight is 278 g/mol. The van der Waals surface area contributed by atoms with Crippen molar-refractivity contribution in [2.24, 2.45) is 0 Å². The molecule has 1 rings (SSSR count). The van der Waals surface area contributed by atoms with Gasteiger partial charge in [-0.05, 0) is 30.7 Å². The molecule has 1 N–H and O–H groups in total. The van der Waals surface area contributed by atoms with Crippen LogP contribution in [-0.2, 0) is 10.0 Å². The molecule has 1 aromatic rings. The lowest BCUT2D eigenvalue weighted by Crippen LogP contribution is -2.22. The van der Waals surface area contributed by atoms with E-state index in [1.807, 2.05) is 0 Å². The molecule has 0 radical (unpaired) electrons. The molecular formula is C11H16ClNO3S. The van der Waals surface area contributed by atoms with Gasteiger partial charge in [-0.3, -0.25) is 0 Å². The summed E-state index contributed by atoms with van der Waals surface area (Å²) in [4.78, 5) is 0.240. The Hall–Kier alpha value is -0.780. The van der Waals surface area contributed by atoms with Gasteiger partial charge in [0.1, 0.15) is 5.75 Å². The van der Waals surface area contributed by atoms with E-state index < -0.39 is 10.0 Å². The van der Waals surface area contributed by atoms with Gasteiger partial charge in [-0.25, -0.2) is 13.1 Å². The number of hydrogen-bond donors (Lipinski definition) is 1. The van der Waals surface area contributed by atoms with Gasteiger partial charge in [-0.1, -0.05) is 6.92 Å². The van der Waals surface area contributed by atoms with Crippen LogP contribution in [0.3, 0.4) is 0 Å². The van der Waals surface area contributed by atoms with Crippen LogP contribution in [0.2, 0.25) is 0 Å². The molecule has 6 heteroatoms. The van der Waals surface area contributed by atoms with Crippen molar-refractivity contribution in [3.8, 4) is 5.75 Å². The van der Waals surface area contributed by atoms with E-state index in [9.17, 15) is 8.42 Å². The van der Waals surface area contributed by atoms with E-state index in [0.717, 1.165) is 6.42 Å². The summed E-state index contributed by atoms with van der Waals surface area (Å²) in [6, 6.07) is 6.32. The Morgan fingerprint density at radius 3 is 2.47 bits per heavy atom. The maximum atomic E-state index is 11.6. The van der Waals surface area contributed by atoms with E-state index in [1.54, 1.807) is 19.1 Å². The van der Waals surface area contributed by atoms with Gasteiger partial charge < -0.3 is 4.74 Å². The highest BCUT2D eigenvalue weighted by molar-refractivity contribution is 7.89. The van der Waals surface area contributed by atoms with Gasteiger partial charge in [0.05, 0.1) is 11.5 Å². The summed E-state index contributed by atoms with van der Waals surface area (Å²) in [7, 11) is -3.38. The first-order valence-corrected chi connectivity index (χ1v) is 7.40. The number of halogens is 1. The predicted octanol–water partition coefficient (Wildman–Crippen LogP) is 1.99. The van der Waals surface area contributed by atoms with Crippen LogP contribution < -0.4 is 9.46 Å². The van der Waals surface area contributed by atoms with Crippen molar-refractivity contribution >= 4 is 21.6 Å². The third-order valence-corrected chi connectivity index (χ3v) is 3.84. The Morgan fingerprint density at radius 1 is 1.29 bits per heavy atom. The van der Waals surface area contributed by atoms with E-state index in [4.69, 9.17) is 16.3 Å². The molecule has 4 nitrogen and oxygen atoms in total. The van der Waals surface area contributed by atoms with Crippen LogP contribution in [0.15, 0.2) is 29.2 Å². The van der Waals surface area contributed by atoms with Gasteiger partial charge in [0.25, 0.3) is 0 Å². The third-order valence-electron chi connectivity index (χ3n) is 2.02. The molecule has 1 aromatic carbocycles. The Kier molecular flexibility index (Phi) is 5.74. The van der Waals surface area contributed by atoms with Crippen LogP contribution in [0.5, 0.6) is 5.75 Å². The largest absolute Gasteiger partial charge is 0.494 e. The molecule has 0 aliphatic heterocycles. The minimum Gasteiger partial charge on any atom is -0.494 e. The van der Waals surface area contributed by atoms with Gasteiger partial charge in [-0.15, -0.1) is 11.6 Å². The van der Waals surface area contributed by atoms with E-state index in [0.29, 0.717) is 24.8 Å². The van der Waals surface area contributed by atoms with Crippen LogP contribution in [-0.4, -0.2) is 27.4 Å². The Balaban J connectivity index is 2.68. The number of sulfonamides is 1. The molecule has 96 valence electrons. The van der Waals surface area contributed by atoms with Crippen LogP contribution in [0, 0.1) is 0 Å². The fraction of sp³-hybridized carbons (Fsp3) is 0.455. The molecular weight excluding hydrogens is 262 g/mol. The molecule has 0 saturated heterocycles. The Bertz CT molecular complexity index is 431. The van der Waals surface area contributed by atoms with Gasteiger partial charge in [0.2, 0.25) is 10.0 Å². The molecule has 0 atom stereocenters. The number of alkyl halides is 1. The lowest BCUT2D eigenvalue weighted by molar-refractivity contribution is 0.318. The monoisotopic (exact) mass is 277 g/mol. The summed E-state index contributed by atoms with van der Waals surface area (Å²) < 4.78 is 31.1. The second kappa shape index (κ2) is 6.83. The van der Waals surface area contributed by atoms with Gasteiger partial charge in [-0.2, -0.15) is 0 Å². The van der Waals surface area contributed by atoms with Crippen molar-refractivity contribution in [1.82, 2.24) is 4.72 Å². The lowest BCUT2D eigenvalue weighted by Gasteiger charge is -2.07. The normalized spacial score (nSPS) is 11.4. The molecule has 0 fully saturated rings. The van der Waals surface area contributed by atoms with Gasteiger partial charge >= 0.3 is 0 Å². The summed E-state index contributed by atoms with van der Waals surface area (Å²) in [6.07, 6.45) is 0.763. The first-order valence-electron chi connectivity index (χ1n) is 5.38. The third kappa shape index (κ3) is 4.53. The highest BCUT2D eigenvalue weighted by Gasteiger charge is 2.11. The van der Waals surface area contributed by atoms with E-state index in [1.165, 1.54) is 12.1 Å². The molecule has 0 aliphatic rings. The quantitative estimate of drug-likeness (QED) is 0.613. The topological polar surface area (TPSA) is 55.4 Å². The first kappa shape index (κ1) is 14.3. The lowest BCUT2D eigenvalue weighted by atomic mass is 10.3. The molecule has 0 amide bonds. The summed E-state index contributed by atoms with van der Waals surface area (Å²) in [5.74, 6) is 1.19. The van der Waals surface area contributed by atoms with E-state index in [-0.39, 0.29) is 4.90 Å². The molecule has 0 heterocycles. The van der Waals surface area contributed by atoms with Crippen LogP contribution in [0.25, 0.3) is 0 Å². The smallest absolute Gasteiger partial charge is 0.240 e. The molecule has 0 unspecified atom stereocenters. The SMILES string of the molecule is CCNS(=O)(=O)c1ccc(OCCCCl)cc1. The zero-order valence-electron chi connectivity index (χ0n) is 9.65. The molecule has 17 heavy (non-hydrogen) atoms. The Labute approximate surface area is 107 Å². The maximum Gasteiger partial charge on any atom is 0.240 e. The molecule has 0 spiro atoms. The summed E-state index contributed by atoms with van der Waals surface area (Å²) in [5.41, 5.74) is 0. The van der Waals surface area contributed by atoms with E-state index >= 15 is 0 Å². The standard InChI is InChI=1S/C11H16ClNO3S/c1-2-13-17(14,15)11-6-4-10(5-7-11)16-9-3-8-12/h4-7,13H,2-3,8-9H2,1H3. The molecule has 0 saturated carbocycles. The first-order chi connectivity index (χ1) is 8.10. The maximum absolute atomic E-state index is 11.6. The van der Waals surface area contributed by atoms with Crippen LogP contribution >= 0.6 is 11.6 Å². The summed E-state index contributed by atoms with van der Waals surface area (Å²) in [6.45, 7) is 2.64. The highest BCUT2D eigenvalue weighted by Crippen LogP contribution is 2.15. The number of nitrogens with one attached hydrogen (secondary N) is 1. The average Bonchev–Trinajstić information content (AvgIpc) is 2.30. The minimum atomic E-state index is -3.38. The zero-order valence-corrected chi connectivity index (χ0v) is 11.2. The number of ether oxygens (including phenoxy) is 1. The van der Waals surface area contributed by atoms with Crippen molar-refractivity contribution in [1.29, 1.82) is 0 Å². The molecule has 0 aromatic heterocycles. The second-order valence-corrected chi connectivity index (χ2v) is 5.51. The molecule has 0 aliphatic carbocycles. The van der Waals surface area contributed by atoms with Crippen molar-refractivity contribution < 1.29 is 13.2 Å². The van der Waals surface area contributed by atoms with Gasteiger partial charge in [0.15, 0.2) is 0 Å². The number of rotatable bonds is 7. The van der Waals surface area contributed by atoms with Crippen molar-refractivity contribution in [2.45, 2.75) is 18.2 Å². The van der Waals surface area contributed by atoms with Crippen molar-refractivity contribution in [2.75, 3.05) is 19.0 Å². The highest BCUT2D eigenvalue weighted by atomic mass is 35.5. The van der Waals surface area contributed by atoms with E-state index in [2.05, 4.69) is 4.72 Å². The summed E-state index contributed by atoms with van der Waals surface area (Å²) >= 11 is 5.52. The number of benzene rings is 1. The fourth-order valence-electron chi connectivity index (χ4n) is 1.23. The summed E-state index contributed by atoms with van der Waals surface area (Å²) in [5, 5.41) is 0. The minimum absolute atomic E-state index is 0.240. The van der Waals surface area contributed by atoms with Crippen molar-refractivity contribution in [3.05, 3.63) is 24.3 Å². The van der Waals surface area contributed by atoms with Gasteiger partial charge in [0, 0.05) is 12.4 Å². The molecule has 0 bridgehead atoms. The van der Waals surface area contributed by atoms with Crippen molar-refractivity contribution in [3.63, 3.8) is 0 Å².